The van der Waals surface area contributed by atoms with Gasteiger partial charge in [0.2, 0.25) is 0 Å². The summed E-state index contributed by atoms with van der Waals surface area (Å²) in [6, 6.07) is 23.6. The predicted octanol–water partition coefficient (Wildman–Crippen LogP) is 5.45. The van der Waals surface area contributed by atoms with E-state index in [1.165, 1.54) is 0 Å². The summed E-state index contributed by atoms with van der Waals surface area (Å²) in [4.78, 5) is 2.40. The standard InChI is InChI=1S/C26H25NO3/c28-21-14-19-7-2-4-10-23(19)26(15-21)30-17-20-8-5-13-27(20)16-24-22-9-3-1-6-18(22)11-12-25(24)29/h1-4,6-7,9-12,14-15,20,28-29H,5,8,13,16-17H2. The van der Waals surface area contributed by atoms with E-state index in [0.29, 0.717) is 24.7 Å². The second-order valence-electron chi connectivity index (χ2n) is 8.03. The lowest BCUT2D eigenvalue weighted by Crippen LogP contribution is -2.33. The van der Waals surface area contributed by atoms with Crippen LogP contribution in [0.4, 0.5) is 0 Å². The molecule has 152 valence electrons. The maximum atomic E-state index is 10.5. The van der Waals surface area contributed by atoms with E-state index in [0.717, 1.165) is 46.5 Å². The summed E-state index contributed by atoms with van der Waals surface area (Å²) in [5.41, 5.74) is 0.975. The van der Waals surface area contributed by atoms with Crippen LogP contribution in [0.3, 0.4) is 0 Å². The lowest BCUT2D eigenvalue weighted by Gasteiger charge is -2.26. The van der Waals surface area contributed by atoms with Crippen molar-refractivity contribution in [1.29, 1.82) is 0 Å². The van der Waals surface area contributed by atoms with Gasteiger partial charge in [0.1, 0.15) is 23.9 Å². The summed E-state index contributed by atoms with van der Waals surface area (Å²) in [7, 11) is 0. The fraction of sp³-hybridized carbons (Fsp3) is 0.231. The Balaban J connectivity index is 1.37. The van der Waals surface area contributed by atoms with Crippen LogP contribution in [0.5, 0.6) is 17.2 Å². The summed E-state index contributed by atoms with van der Waals surface area (Å²) < 4.78 is 6.21. The van der Waals surface area contributed by atoms with Crippen molar-refractivity contribution >= 4 is 21.5 Å². The maximum absolute atomic E-state index is 10.5. The molecular formula is C26H25NO3. The quantitative estimate of drug-likeness (QED) is 0.469. The van der Waals surface area contributed by atoms with Crippen molar-refractivity contribution in [3.63, 3.8) is 0 Å². The minimum absolute atomic E-state index is 0.215. The van der Waals surface area contributed by atoms with Crippen molar-refractivity contribution in [3.8, 4) is 17.2 Å². The van der Waals surface area contributed by atoms with Crippen LogP contribution in [0.25, 0.3) is 21.5 Å². The van der Waals surface area contributed by atoms with E-state index >= 15 is 0 Å². The molecule has 1 unspecified atom stereocenters. The van der Waals surface area contributed by atoms with Crippen LogP contribution in [-0.2, 0) is 6.54 Å². The number of ether oxygens (including phenoxy) is 1. The molecule has 1 aliphatic rings. The number of likely N-dealkylation sites (tertiary alicyclic amines) is 1. The molecule has 4 aromatic carbocycles. The second-order valence-corrected chi connectivity index (χ2v) is 8.03. The van der Waals surface area contributed by atoms with E-state index in [4.69, 9.17) is 4.74 Å². The van der Waals surface area contributed by atoms with Crippen LogP contribution in [0, 0.1) is 0 Å². The van der Waals surface area contributed by atoms with Crippen LogP contribution in [0.15, 0.2) is 72.8 Å². The molecule has 30 heavy (non-hydrogen) atoms. The highest BCUT2D eigenvalue weighted by Crippen LogP contribution is 2.33. The number of aromatic hydroxyl groups is 2. The van der Waals surface area contributed by atoms with Gasteiger partial charge in [0.25, 0.3) is 0 Å². The number of hydrogen-bond acceptors (Lipinski definition) is 4. The SMILES string of the molecule is Oc1cc(OCC2CCCN2Cc2c(O)ccc3ccccc23)c2ccccc2c1. The first-order valence-corrected chi connectivity index (χ1v) is 10.5. The van der Waals surface area contributed by atoms with Crippen molar-refractivity contribution < 1.29 is 14.9 Å². The van der Waals surface area contributed by atoms with Crippen molar-refractivity contribution in [2.75, 3.05) is 13.2 Å². The smallest absolute Gasteiger partial charge is 0.130 e. The van der Waals surface area contributed by atoms with Gasteiger partial charge in [-0.15, -0.1) is 0 Å². The molecule has 0 aromatic heterocycles. The van der Waals surface area contributed by atoms with E-state index in [1.807, 2.05) is 42.5 Å². The number of rotatable bonds is 5. The molecular weight excluding hydrogens is 374 g/mol. The molecule has 1 saturated heterocycles. The van der Waals surface area contributed by atoms with Gasteiger partial charge in [-0.2, -0.15) is 0 Å². The lowest BCUT2D eigenvalue weighted by atomic mass is 10.0. The highest BCUT2D eigenvalue weighted by Gasteiger charge is 2.26. The molecule has 4 aromatic rings. The van der Waals surface area contributed by atoms with Gasteiger partial charge >= 0.3 is 0 Å². The summed E-state index contributed by atoms with van der Waals surface area (Å²) in [5.74, 6) is 1.28. The zero-order chi connectivity index (χ0) is 20.5. The fourth-order valence-electron chi connectivity index (χ4n) is 4.55. The summed E-state index contributed by atoms with van der Waals surface area (Å²) in [6.07, 6.45) is 2.17. The Kier molecular flexibility index (Phi) is 4.93. The van der Waals surface area contributed by atoms with Gasteiger partial charge in [0, 0.05) is 29.6 Å². The Bertz CT molecular complexity index is 1200. The number of phenolic OH excluding ortho intramolecular Hbond substituents is 2. The molecule has 0 amide bonds. The Morgan fingerprint density at radius 3 is 2.50 bits per heavy atom. The molecule has 0 aliphatic carbocycles. The zero-order valence-corrected chi connectivity index (χ0v) is 16.8. The van der Waals surface area contributed by atoms with Crippen molar-refractivity contribution in [3.05, 3.63) is 78.4 Å². The molecule has 4 nitrogen and oxygen atoms in total. The first-order valence-electron chi connectivity index (χ1n) is 10.5. The van der Waals surface area contributed by atoms with Gasteiger partial charge in [-0.05, 0) is 47.7 Å². The molecule has 0 saturated carbocycles. The van der Waals surface area contributed by atoms with Crippen molar-refractivity contribution in [1.82, 2.24) is 4.90 Å². The molecule has 2 N–H and O–H groups in total. The lowest BCUT2D eigenvalue weighted by molar-refractivity contribution is 0.167. The van der Waals surface area contributed by atoms with Gasteiger partial charge in [-0.1, -0.05) is 54.6 Å². The fourth-order valence-corrected chi connectivity index (χ4v) is 4.55. The molecule has 0 spiro atoms. The number of benzene rings is 4. The zero-order valence-electron chi connectivity index (χ0n) is 16.8. The van der Waals surface area contributed by atoms with Crippen LogP contribution in [0.2, 0.25) is 0 Å². The van der Waals surface area contributed by atoms with E-state index in [1.54, 1.807) is 18.2 Å². The monoisotopic (exact) mass is 399 g/mol. The third-order valence-corrected chi connectivity index (χ3v) is 6.12. The number of nitrogens with zero attached hydrogens (tertiary/aromatic N) is 1. The average Bonchev–Trinajstić information content (AvgIpc) is 3.21. The minimum atomic E-state index is 0.215. The number of fused-ring (bicyclic) bond motifs is 2. The van der Waals surface area contributed by atoms with Gasteiger partial charge < -0.3 is 14.9 Å². The Morgan fingerprint density at radius 1 is 0.867 bits per heavy atom. The maximum Gasteiger partial charge on any atom is 0.130 e. The first kappa shape index (κ1) is 18.8. The summed E-state index contributed by atoms with van der Waals surface area (Å²) in [5, 5.41) is 24.8. The topological polar surface area (TPSA) is 52.9 Å². The number of hydrogen-bond donors (Lipinski definition) is 2. The van der Waals surface area contributed by atoms with Crippen molar-refractivity contribution in [2.45, 2.75) is 25.4 Å². The van der Waals surface area contributed by atoms with Crippen LogP contribution in [-0.4, -0.2) is 34.3 Å². The molecule has 0 radical (unpaired) electrons. The number of phenols is 2. The van der Waals surface area contributed by atoms with E-state index < -0.39 is 0 Å². The third-order valence-electron chi connectivity index (χ3n) is 6.12. The molecule has 0 bridgehead atoms. The second kappa shape index (κ2) is 7.88. The Hall–Kier alpha value is -3.24. The Labute approximate surface area is 175 Å². The Morgan fingerprint density at radius 2 is 1.63 bits per heavy atom. The highest BCUT2D eigenvalue weighted by atomic mass is 16.5. The van der Waals surface area contributed by atoms with Crippen molar-refractivity contribution in [2.24, 2.45) is 0 Å². The summed E-state index contributed by atoms with van der Waals surface area (Å²) in [6.45, 7) is 2.23. The normalized spacial score (nSPS) is 17.0. The predicted molar refractivity (Wildman–Crippen MR) is 120 cm³/mol. The van der Waals surface area contributed by atoms with E-state index in [2.05, 4.69) is 17.0 Å². The van der Waals surface area contributed by atoms with Gasteiger partial charge in [0.05, 0.1) is 0 Å². The molecule has 1 fully saturated rings. The largest absolute Gasteiger partial charge is 0.508 e. The molecule has 1 heterocycles. The molecule has 1 aliphatic heterocycles. The van der Waals surface area contributed by atoms with Crippen LogP contribution in [0.1, 0.15) is 18.4 Å². The van der Waals surface area contributed by atoms with E-state index in [9.17, 15) is 10.2 Å². The van der Waals surface area contributed by atoms with Crippen LogP contribution >= 0.6 is 0 Å². The van der Waals surface area contributed by atoms with Gasteiger partial charge in [-0.3, -0.25) is 4.90 Å². The molecule has 4 heteroatoms. The van der Waals surface area contributed by atoms with Crippen LogP contribution < -0.4 is 4.74 Å². The first-order chi connectivity index (χ1) is 14.7. The molecule has 1 atom stereocenters. The van der Waals surface area contributed by atoms with E-state index in [-0.39, 0.29) is 11.8 Å². The van der Waals surface area contributed by atoms with Gasteiger partial charge in [0.15, 0.2) is 0 Å². The third kappa shape index (κ3) is 3.55. The molecule has 5 rings (SSSR count). The van der Waals surface area contributed by atoms with Gasteiger partial charge in [-0.25, -0.2) is 0 Å². The highest BCUT2D eigenvalue weighted by molar-refractivity contribution is 5.90. The average molecular weight is 399 g/mol. The minimum Gasteiger partial charge on any atom is -0.508 e. The summed E-state index contributed by atoms with van der Waals surface area (Å²) >= 11 is 0.